The Balaban J connectivity index is 2.63. The van der Waals surface area contributed by atoms with Crippen molar-refractivity contribution >= 4 is 17.8 Å². The molecule has 98 valence electrons. The first-order valence-corrected chi connectivity index (χ1v) is 5.20. The normalized spacial score (nSPS) is 11.8. The first kappa shape index (κ1) is 13.8. The summed E-state index contributed by atoms with van der Waals surface area (Å²) >= 11 is 0. The molecule has 0 aromatic carbocycles. The van der Waals surface area contributed by atoms with E-state index in [1.807, 2.05) is 0 Å². The number of rotatable bonds is 6. The minimum atomic E-state index is -1.27. The van der Waals surface area contributed by atoms with Crippen LogP contribution in [0.3, 0.4) is 0 Å². The summed E-state index contributed by atoms with van der Waals surface area (Å²) in [6.45, 7) is 1.65. The molecule has 1 amide bonds. The second-order valence-electron chi connectivity index (χ2n) is 3.74. The van der Waals surface area contributed by atoms with Crippen LogP contribution in [0.4, 0.5) is 0 Å². The smallest absolute Gasteiger partial charge is 0.326 e. The van der Waals surface area contributed by atoms with E-state index in [0.29, 0.717) is 5.76 Å². The van der Waals surface area contributed by atoms with Crippen molar-refractivity contribution in [3.8, 4) is 0 Å². The van der Waals surface area contributed by atoms with Crippen molar-refractivity contribution in [1.29, 1.82) is 0 Å². The van der Waals surface area contributed by atoms with E-state index in [9.17, 15) is 14.4 Å². The summed E-state index contributed by atoms with van der Waals surface area (Å²) in [6, 6.07) is 0.231. The number of hydrogen-bond acceptors (Lipinski definition) is 4. The van der Waals surface area contributed by atoms with E-state index in [-0.39, 0.29) is 18.4 Å². The molecule has 18 heavy (non-hydrogen) atoms. The molecule has 0 saturated carbocycles. The molecule has 1 aromatic heterocycles. The van der Waals surface area contributed by atoms with Crippen molar-refractivity contribution in [3.05, 3.63) is 23.7 Å². The van der Waals surface area contributed by atoms with Crippen LogP contribution in [-0.4, -0.2) is 34.1 Å². The van der Waals surface area contributed by atoms with E-state index in [2.05, 4.69) is 5.32 Å². The molecule has 1 aromatic rings. The van der Waals surface area contributed by atoms with Gasteiger partial charge in [0.1, 0.15) is 18.1 Å². The zero-order chi connectivity index (χ0) is 13.7. The average molecular weight is 255 g/mol. The maximum Gasteiger partial charge on any atom is 0.326 e. The Kier molecular flexibility index (Phi) is 4.47. The molecule has 3 N–H and O–H groups in total. The third-order valence-corrected chi connectivity index (χ3v) is 2.24. The molecule has 0 aliphatic rings. The van der Waals surface area contributed by atoms with Gasteiger partial charge in [-0.15, -0.1) is 0 Å². The van der Waals surface area contributed by atoms with Gasteiger partial charge in [0.15, 0.2) is 0 Å². The molecule has 0 aliphatic carbocycles. The highest BCUT2D eigenvalue weighted by atomic mass is 16.4. The first-order valence-electron chi connectivity index (χ1n) is 5.20. The highest BCUT2D eigenvalue weighted by Gasteiger charge is 2.22. The van der Waals surface area contributed by atoms with Crippen molar-refractivity contribution in [2.24, 2.45) is 0 Å². The Morgan fingerprint density at radius 1 is 1.39 bits per heavy atom. The van der Waals surface area contributed by atoms with Gasteiger partial charge in [0.25, 0.3) is 5.91 Å². The van der Waals surface area contributed by atoms with Crippen LogP contribution >= 0.6 is 0 Å². The molecule has 1 atom stereocenters. The second kappa shape index (κ2) is 5.85. The third kappa shape index (κ3) is 3.93. The minimum absolute atomic E-state index is 0.173. The van der Waals surface area contributed by atoms with Crippen LogP contribution in [0.1, 0.15) is 29.0 Å². The Bertz CT molecular complexity index is 464. The second-order valence-corrected chi connectivity index (χ2v) is 3.74. The summed E-state index contributed by atoms with van der Waals surface area (Å²) in [7, 11) is 0. The van der Waals surface area contributed by atoms with Gasteiger partial charge < -0.3 is 19.9 Å². The number of aliphatic carboxylic acids is 2. The van der Waals surface area contributed by atoms with Crippen molar-refractivity contribution in [2.75, 3.05) is 0 Å². The molecule has 0 spiro atoms. The fourth-order valence-electron chi connectivity index (χ4n) is 1.33. The van der Waals surface area contributed by atoms with E-state index in [1.54, 1.807) is 6.92 Å². The molecule has 7 heteroatoms. The number of carbonyl (C=O) groups excluding carboxylic acids is 1. The SMILES string of the molecule is Cc1cc(C(=O)N[C@@H](CCC(=O)O)C(=O)O)co1. The highest BCUT2D eigenvalue weighted by molar-refractivity contribution is 5.96. The maximum atomic E-state index is 11.6. The molecular weight excluding hydrogens is 242 g/mol. The lowest BCUT2D eigenvalue weighted by molar-refractivity contribution is -0.140. The van der Waals surface area contributed by atoms with Crippen LogP contribution in [0.25, 0.3) is 0 Å². The fraction of sp³-hybridized carbons (Fsp3) is 0.364. The van der Waals surface area contributed by atoms with Gasteiger partial charge in [-0.1, -0.05) is 0 Å². The minimum Gasteiger partial charge on any atom is -0.481 e. The van der Waals surface area contributed by atoms with E-state index in [4.69, 9.17) is 14.6 Å². The van der Waals surface area contributed by atoms with Crippen LogP contribution < -0.4 is 5.32 Å². The lowest BCUT2D eigenvalue weighted by Crippen LogP contribution is -2.41. The molecule has 0 unspecified atom stereocenters. The summed E-state index contributed by atoms with van der Waals surface area (Å²) < 4.78 is 4.92. The van der Waals surface area contributed by atoms with Crippen molar-refractivity contribution in [3.63, 3.8) is 0 Å². The van der Waals surface area contributed by atoms with Gasteiger partial charge in [0, 0.05) is 6.42 Å². The summed E-state index contributed by atoms with van der Waals surface area (Å²) in [5.41, 5.74) is 0.203. The number of aryl methyl sites for hydroxylation is 1. The number of amides is 1. The number of carboxylic acid groups (broad SMARTS) is 2. The lowest BCUT2D eigenvalue weighted by Gasteiger charge is -2.12. The molecule has 0 bridgehead atoms. The largest absolute Gasteiger partial charge is 0.481 e. The maximum absolute atomic E-state index is 11.6. The van der Waals surface area contributed by atoms with Gasteiger partial charge in [0.05, 0.1) is 5.56 Å². The number of carbonyl (C=O) groups is 3. The van der Waals surface area contributed by atoms with Gasteiger partial charge in [-0.25, -0.2) is 4.79 Å². The Morgan fingerprint density at radius 3 is 2.50 bits per heavy atom. The predicted octanol–water partition coefficient (Wildman–Crippen LogP) is 0.636. The predicted molar refractivity (Wildman–Crippen MR) is 59.2 cm³/mol. The standard InChI is InChI=1S/C11H13NO6/c1-6-4-7(5-18-6)10(15)12-8(11(16)17)2-3-9(13)14/h4-5,8H,2-3H2,1H3,(H,12,15)(H,13,14)(H,16,17)/t8-/m0/s1. The average Bonchev–Trinajstić information content (AvgIpc) is 2.70. The Morgan fingerprint density at radius 2 is 2.06 bits per heavy atom. The quantitative estimate of drug-likeness (QED) is 0.686. The van der Waals surface area contributed by atoms with Crippen molar-refractivity contribution < 1.29 is 29.0 Å². The van der Waals surface area contributed by atoms with Gasteiger partial charge in [0.2, 0.25) is 0 Å². The summed E-state index contributed by atoms with van der Waals surface area (Å²) in [5.74, 6) is -2.47. The highest BCUT2D eigenvalue weighted by Crippen LogP contribution is 2.07. The van der Waals surface area contributed by atoms with Gasteiger partial charge in [-0.2, -0.15) is 0 Å². The molecular formula is C11H13NO6. The number of furan rings is 1. The first-order chi connectivity index (χ1) is 8.40. The molecule has 1 heterocycles. The van der Waals surface area contributed by atoms with Crippen LogP contribution in [0.5, 0.6) is 0 Å². The molecule has 1 rings (SSSR count). The number of nitrogens with one attached hydrogen (secondary N) is 1. The molecule has 0 aliphatic heterocycles. The summed E-state index contributed by atoms with van der Waals surface area (Å²) in [4.78, 5) is 32.9. The number of hydrogen-bond donors (Lipinski definition) is 3. The molecule has 7 nitrogen and oxygen atoms in total. The van der Waals surface area contributed by atoms with Gasteiger partial charge >= 0.3 is 11.9 Å². The zero-order valence-electron chi connectivity index (χ0n) is 9.67. The third-order valence-electron chi connectivity index (χ3n) is 2.24. The van der Waals surface area contributed by atoms with Gasteiger partial charge in [-0.05, 0) is 19.4 Å². The van der Waals surface area contributed by atoms with E-state index < -0.39 is 23.9 Å². The number of carboxylic acids is 2. The monoisotopic (exact) mass is 255 g/mol. The topological polar surface area (TPSA) is 117 Å². The fourth-order valence-corrected chi connectivity index (χ4v) is 1.33. The van der Waals surface area contributed by atoms with E-state index >= 15 is 0 Å². The summed E-state index contributed by atoms with van der Waals surface area (Å²) in [6.07, 6.45) is 0.704. The summed E-state index contributed by atoms with van der Waals surface area (Å²) in [5, 5.41) is 19.6. The lowest BCUT2D eigenvalue weighted by atomic mass is 10.1. The molecule has 0 radical (unpaired) electrons. The molecule has 0 fully saturated rings. The Labute approximate surface area is 102 Å². The van der Waals surface area contributed by atoms with Crippen molar-refractivity contribution in [1.82, 2.24) is 5.32 Å². The van der Waals surface area contributed by atoms with Crippen LogP contribution in [-0.2, 0) is 9.59 Å². The van der Waals surface area contributed by atoms with Gasteiger partial charge in [-0.3, -0.25) is 9.59 Å². The zero-order valence-corrected chi connectivity index (χ0v) is 9.67. The van der Waals surface area contributed by atoms with Crippen LogP contribution in [0.15, 0.2) is 16.7 Å². The Hall–Kier alpha value is -2.31. The van der Waals surface area contributed by atoms with Crippen molar-refractivity contribution in [2.45, 2.75) is 25.8 Å². The van der Waals surface area contributed by atoms with Crippen LogP contribution in [0, 0.1) is 6.92 Å². The molecule has 0 saturated heterocycles. The van der Waals surface area contributed by atoms with Crippen LogP contribution in [0.2, 0.25) is 0 Å². The van der Waals surface area contributed by atoms with E-state index in [1.165, 1.54) is 12.3 Å². The van der Waals surface area contributed by atoms with E-state index in [0.717, 1.165) is 0 Å².